The summed E-state index contributed by atoms with van der Waals surface area (Å²) in [4.78, 5) is 15.1. The van der Waals surface area contributed by atoms with Gasteiger partial charge in [0.05, 0.1) is 10.9 Å². The molecule has 0 aliphatic heterocycles. The average molecular weight is 338 g/mol. The number of likely N-dealkylation sites (N-methyl/N-ethyl adjacent to an activating group) is 1. The smallest absolute Gasteiger partial charge is 0.262 e. The lowest BCUT2D eigenvalue weighted by molar-refractivity contribution is 0.338. The van der Waals surface area contributed by atoms with Gasteiger partial charge in [-0.2, -0.15) is 5.10 Å². The number of benzene rings is 1. The van der Waals surface area contributed by atoms with Crippen LogP contribution in [0, 0.1) is 6.92 Å². The van der Waals surface area contributed by atoms with E-state index >= 15 is 0 Å². The molecule has 5 nitrogen and oxygen atoms in total. The van der Waals surface area contributed by atoms with Gasteiger partial charge in [-0.15, -0.1) is 0 Å². The zero-order chi connectivity index (χ0) is 18.0. The van der Waals surface area contributed by atoms with Crippen molar-refractivity contribution in [2.45, 2.75) is 34.2 Å². The molecule has 0 amide bonds. The first kappa shape index (κ1) is 17.4. The Balaban J connectivity index is 2.11. The maximum Gasteiger partial charge on any atom is 0.262 e. The molecule has 0 spiro atoms. The topological polar surface area (TPSA) is 53.9 Å². The highest BCUT2D eigenvalue weighted by molar-refractivity contribution is 6.04. The van der Waals surface area contributed by atoms with Crippen molar-refractivity contribution in [3.8, 4) is 0 Å². The second kappa shape index (κ2) is 7.23. The highest BCUT2D eigenvalue weighted by atomic mass is 16.1. The zero-order valence-corrected chi connectivity index (χ0v) is 15.5. The second-order valence-electron chi connectivity index (χ2n) is 6.29. The largest absolute Gasteiger partial charge is 0.308 e. The van der Waals surface area contributed by atoms with Gasteiger partial charge in [0.1, 0.15) is 5.52 Å². The number of hydrogen-bond donors (Lipinski definition) is 1. The van der Waals surface area contributed by atoms with Crippen molar-refractivity contribution in [1.29, 1.82) is 0 Å². The number of nitrogens with one attached hydrogen (secondary N) is 1. The van der Waals surface area contributed by atoms with Crippen LogP contribution in [-0.2, 0) is 6.54 Å². The molecule has 0 aliphatic rings. The fourth-order valence-corrected chi connectivity index (χ4v) is 3.35. The maximum atomic E-state index is 12.7. The van der Waals surface area contributed by atoms with Crippen molar-refractivity contribution in [1.82, 2.24) is 19.7 Å². The summed E-state index contributed by atoms with van der Waals surface area (Å²) in [6.45, 7) is 11.9. The predicted octanol–water partition coefficient (Wildman–Crippen LogP) is 3.56. The molecule has 0 fully saturated rings. The lowest BCUT2D eigenvalue weighted by Gasteiger charge is -2.14. The fraction of sp³-hybridized carbons (Fsp3) is 0.400. The molecular formula is C20H26N4O. The SMILES string of the molecule is CCN(CC)C/C=C/c1ccc2c(c1)c1n[nH]c(C)c1c(=O)n2CC. The van der Waals surface area contributed by atoms with Crippen molar-refractivity contribution in [3.05, 3.63) is 45.9 Å². The summed E-state index contributed by atoms with van der Waals surface area (Å²) in [5, 5.41) is 9.07. The van der Waals surface area contributed by atoms with Crippen LogP contribution in [0.25, 0.3) is 27.9 Å². The molecule has 0 radical (unpaired) electrons. The zero-order valence-electron chi connectivity index (χ0n) is 15.5. The van der Waals surface area contributed by atoms with Crippen molar-refractivity contribution in [3.63, 3.8) is 0 Å². The van der Waals surface area contributed by atoms with Crippen LogP contribution in [0.15, 0.2) is 29.1 Å². The van der Waals surface area contributed by atoms with Crippen molar-refractivity contribution < 1.29 is 0 Å². The van der Waals surface area contributed by atoms with Gasteiger partial charge in [-0.3, -0.25) is 9.89 Å². The molecule has 25 heavy (non-hydrogen) atoms. The Hall–Kier alpha value is -2.40. The second-order valence-corrected chi connectivity index (χ2v) is 6.29. The first-order valence-corrected chi connectivity index (χ1v) is 9.00. The number of nitrogens with zero attached hydrogens (tertiary/aromatic N) is 3. The summed E-state index contributed by atoms with van der Waals surface area (Å²) in [6, 6.07) is 6.22. The van der Waals surface area contributed by atoms with Crippen molar-refractivity contribution in [2.24, 2.45) is 0 Å². The summed E-state index contributed by atoms with van der Waals surface area (Å²) in [6.07, 6.45) is 4.33. The molecule has 132 valence electrons. The van der Waals surface area contributed by atoms with E-state index < -0.39 is 0 Å². The minimum Gasteiger partial charge on any atom is -0.308 e. The van der Waals surface area contributed by atoms with Crippen LogP contribution in [0.4, 0.5) is 0 Å². The first-order valence-electron chi connectivity index (χ1n) is 9.00. The Bertz CT molecular complexity index is 977. The molecule has 1 aromatic carbocycles. The standard InChI is InChI=1S/C20H26N4O/c1-5-23(6-2)12-8-9-15-10-11-17-16(13-15)19-18(14(4)21-22-19)20(25)24(17)7-3/h8-11,13H,5-7,12H2,1-4H3,(H,21,22)/b9-8+. The van der Waals surface area contributed by atoms with Gasteiger partial charge in [0, 0.05) is 24.2 Å². The number of aromatic nitrogens is 3. The first-order chi connectivity index (χ1) is 12.1. The molecule has 0 atom stereocenters. The molecule has 0 saturated carbocycles. The number of pyridine rings is 1. The van der Waals surface area contributed by atoms with E-state index in [0.29, 0.717) is 11.9 Å². The molecule has 5 heteroatoms. The minimum atomic E-state index is 0.0288. The van der Waals surface area contributed by atoms with E-state index in [1.807, 2.05) is 24.5 Å². The van der Waals surface area contributed by atoms with Gasteiger partial charge in [0.2, 0.25) is 0 Å². The summed E-state index contributed by atoms with van der Waals surface area (Å²) >= 11 is 0. The normalized spacial score (nSPS) is 12.2. The summed E-state index contributed by atoms with van der Waals surface area (Å²) < 4.78 is 1.82. The molecule has 3 rings (SSSR count). The van der Waals surface area contributed by atoms with Gasteiger partial charge in [-0.05, 0) is 44.6 Å². The Morgan fingerprint density at radius 2 is 2.00 bits per heavy atom. The molecule has 0 saturated heterocycles. The van der Waals surface area contributed by atoms with Gasteiger partial charge < -0.3 is 9.47 Å². The van der Waals surface area contributed by atoms with Gasteiger partial charge in [-0.25, -0.2) is 0 Å². The molecule has 0 unspecified atom stereocenters. The van der Waals surface area contributed by atoms with Crippen LogP contribution in [0.1, 0.15) is 32.0 Å². The van der Waals surface area contributed by atoms with E-state index in [-0.39, 0.29) is 5.56 Å². The number of rotatable bonds is 6. The third-order valence-corrected chi connectivity index (χ3v) is 4.86. The molecule has 3 aromatic rings. The van der Waals surface area contributed by atoms with E-state index in [4.69, 9.17) is 0 Å². The van der Waals surface area contributed by atoms with Crippen LogP contribution < -0.4 is 5.56 Å². The van der Waals surface area contributed by atoms with Crippen LogP contribution in [-0.4, -0.2) is 39.3 Å². The average Bonchev–Trinajstić information content (AvgIpc) is 3.02. The third kappa shape index (κ3) is 3.12. The van der Waals surface area contributed by atoms with Gasteiger partial charge >= 0.3 is 0 Å². The summed E-state index contributed by atoms with van der Waals surface area (Å²) in [7, 11) is 0. The maximum absolute atomic E-state index is 12.7. The number of H-pyrrole nitrogens is 1. The molecule has 2 aromatic heterocycles. The number of aromatic amines is 1. The quantitative estimate of drug-likeness (QED) is 0.748. The van der Waals surface area contributed by atoms with Gasteiger partial charge in [0.25, 0.3) is 5.56 Å². The lowest BCUT2D eigenvalue weighted by Crippen LogP contribution is -2.22. The minimum absolute atomic E-state index is 0.0288. The van der Waals surface area contributed by atoms with E-state index in [9.17, 15) is 4.79 Å². The van der Waals surface area contributed by atoms with Crippen LogP contribution >= 0.6 is 0 Å². The Labute approximate surface area is 148 Å². The van der Waals surface area contributed by atoms with Crippen molar-refractivity contribution in [2.75, 3.05) is 19.6 Å². The fourth-order valence-electron chi connectivity index (χ4n) is 3.35. The van der Waals surface area contributed by atoms with Crippen LogP contribution in [0.3, 0.4) is 0 Å². The molecule has 0 bridgehead atoms. The van der Waals surface area contributed by atoms with Crippen LogP contribution in [0.2, 0.25) is 0 Å². The molecule has 2 heterocycles. The molecule has 1 N–H and O–H groups in total. The van der Waals surface area contributed by atoms with Crippen LogP contribution in [0.5, 0.6) is 0 Å². The summed E-state index contributed by atoms with van der Waals surface area (Å²) in [5.41, 5.74) is 3.68. The van der Waals surface area contributed by atoms with E-state index in [1.54, 1.807) is 0 Å². The lowest BCUT2D eigenvalue weighted by atomic mass is 10.1. The monoisotopic (exact) mass is 338 g/mol. The number of fused-ring (bicyclic) bond motifs is 3. The summed E-state index contributed by atoms with van der Waals surface area (Å²) in [5.74, 6) is 0. The molecular weight excluding hydrogens is 312 g/mol. The van der Waals surface area contributed by atoms with E-state index in [1.165, 1.54) is 0 Å². The Kier molecular flexibility index (Phi) is 5.04. The highest BCUT2D eigenvalue weighted by Gasteiger charge is 2.14. The number of hydrogen-bond acceptors (Lipinski definition) is 3. The molecule has 0 aliphatic carbocycles. The van der Waals surface area contributed by atoms with Gasteiger partial charge in [0.15, 0.2) is 0 Å². The highest BCUT2D eigenvalue weighted by Crippen LogP contribution is 2.24. The number of aryl methyl sites for hydroxylation is 2. The van der Waals surface area contributed by atoms with E-state index in [2.05, 4.69) is 53.2 Å². The third-order valence-electron chi connectivity index (χ3n) is 4.86. The predicted molar refractivity (Wildman–Crippen MR) is 105 cm³/mol. The Morgan fingerprint density at radius 1 is 1.24 bits per heavy atom. The van der Waals surface area contributed by atoms with Crippen molar-refractivity contribution >= 4 is 27.9 Å². The Morgan fingerprint density at radius 3 is 2.68 bits per heavy atom. The van der Waals surface area contributed by atoms with Gasteiger partial charge in [-0.1, -0.05) is 32.1 Å². The van der Waals surface area contributed by atoms with E-state index in [0.717, 1.165) is 47.3 Å².